The lowest BCUT2D eigenvalue weighted by atomic mass is 9.96. The first-order chi connectivity index (χ1) is 15.3. The third-order valence-electron chi connectivity index (χ3n) is 5.33. The number of halogens is 1. The lowest BCUT2D eigenvalue weighted by Crippen LogP contribution is -2.41. The highest BCUT2D eigenvalue weighted by atomic mass is 35.5. The fourth-order valence-electron chi connectivity index (χ4n) is 3.45. The smallest absolute Gasteiger partial charge is 0.331 e. The molecule has 162 valence electrons. The van der Waals surface area contributed by atoms with E-state index in [1.54, 1.807) is 61.8 Å². The quantitative estimate of drug-likeness (QED) is 0.444. The maximum Gasteiger partial charge on any atom is 0.331 e. The Balaban J connectivity index is 1.57. The summed E-state index contributed by atoms with van der Waals surface area (Å²) in [6.07, 6.45) is 3.48. The maximum absolute atomic E-state index is 12.6. The molecule has 2 N–H and O–H groups in total. The third-order valence-corrected chi connectivity index (χ3v) is 5.56. The van der Waals surface area contributed by atoms with Crippen LogP contribution in [0, 0.1) is 0 Å². The van der Waals surface area contributed by atoms with Gasteiger partial charge in [-0.25, -0.2) is 4.79 Å². The molecule has 0 fully saturated rings. The van der Waals surface area contributed by atoms with E-state index in [0.717, 1.165) is 10.9 Å². The van der Waals surface area contributed by atoms with Crippen molar-refractivity contribution in [3.8, 4) is 0 Å². The zero-order chi connectivity index (χ0) is 22.7. The molecule has 2 aromatic heterocycles. The highest BCUT2D eigenvalue weighted by molar-refractivity contribution is 6.30. The number of carbonyl (C=O) groups excluding carboxylic acids is 1. The fourth-order valence-corrected chi connectivity index (χ4v) is 3.66. The molecule has 0 radical (unpaired) electrons. The number of nitrogens with zero attached hydrogens (tertiary/aromatic N) is 3. The van der Waals surface area contributed by atoms with E-state index in [2.05, 4.69) is 15.4 Å². The van der Waals surface area contributed by atoms with E-state index < -0.39 is 11.5 Å². The van der Waals surface area contributed by atoms with Crippen molar-refractivity contribution in [1.29, 1.82) is 0 Å². The van der Waals surface area contributed by atoms with Crippen LogP contribution in [0.25, 0.3) is 10.9 Å². The van der Waals surface area contributed by atoms with E-state index in [9.17, 15) is 14.7 Å². The van der Waals surface area contributed by atoms with E-state index in [4.69, 9.17) is 11.6 Å². The summed E-state index contributed by atoms with van der Waals surface area (Å²) in [6.45, 7) is 1.95. The highest BCUT2D eigenvalue weighted by Crippen LogP contribution is 2.25. The van der Waals surface area contributed by atoms with E-state index in [-0.39, 0.29) is 12.3 Å². The molecule has 7 nitrogen and oxygen atoms in total. The van der Waals surface area contributed by atoms with Crippen molar-refractivity contribution in [2.75, 3.05) is 0 Å². The van der Waals surface area contributed by atoms with Gasteiger partial charge in [-0.3, -0.25) is 14.5 Å². The number of hydrogen-bond acceptors (Lipinski definition) is 4. The van der Waals surface area contributed by atoms with Gasteiger partial charge in [-0.2, -0.15) is 5.10 Å². The Hall–Kier alpha value is -3.71. The minimum absolute atomic E-state index is 0.171. The van der Waals surface area contributed by atoms with Gasteiger partial charge >= 0.3 is 5.97 Å². The first kappa shape index (κ1) is 21.5. The van der Waals surface area contributed by atoms with Crippen LogP contribution in [-0.4, -0.2) is 31.7 Å². The molecule has 1 atom stereocenters. The minimum atomic E-state index is -1.33. The van der Waals surface area contributed by atoms with Crippen LogP contribution in [0.2, 0.25) is 5.02 Å². The summed E-state index contributed by atoms with van der Waals surface area (Å²) in [7, 11) is 0. The number of hydrogen-bond donors (Lipinski definition) is 2. The molecule has 1 amide bonds. The van der Waals surface area contributed by atoms with Gasteiger partial charge in [0.1, 0.15) is 0 Å². The van der Waals surface area contributed by atoms with Crippen molar-refractivity contribution in [1.82, 2.24) is 20.1 Å². The SMILES string of the molecule is C[C@@](Cc1ccccn1)(C(=O)O)n1cc2ccc(C(=O)NCc3cccc(Cl)c3)cc2n1. The molecule has 2 heterocycles. The summed E-state index contributed by atoms with van der Waals surface area (Å²) >= 11 is 5.99. The van der Waals surface area contributed by atoms with Gasteiger partial charge in [-0.15, -0.1) is 0 Å². The Kier molecular flexibility index (Phi) is 5.92. The number of rotatable bonds is 7. The largest absolute Gasteiger partial charge is 0.479 e. The minimum Gasteiger partial charge on any atom is -0.479 e. The van der Waals surface area contributed by atoms with Gasteiger partial charge in [0, 0.05) is 47.0 Å². The number of aliphatic carboxylic acids is 1. The second kappa shape index (κ2) is 8.80. The molecule has 32 heavy (non-hydrogen) atoms. The van der Waals surface area contributed by atoms with Crippen LogP contribution in [0.1, 0.15) is 28.5 Å². The zero-order valence-corrected chi connectivity index (χ0v) is 18.1. The molecular weight excluding hydrogens is 428 g/mol. The van der Waals surface area contributed by atoms with Crippen LogP contribution >= 0.6 is 11.6 Å². The summed E-state index contributed by atoms with van der Waals surface area (Å²) in [6, 6.07) is 17.8. The Labute approximate surface area is 189 Å². The number of pyridine rings is 1. The monoisotopic (exact) mass is 448 g/mol. The second-order valence-electron chi connectivity index (χ2n) is 7.74. The topological polar surface area (TPSA) is 97.1 Å². The molecule has 8 heteroatoms. The summed E-state index contributed by atoms with van der Waals surface area (Å²) in [5.74, 6) is -1.27. The van der Waals surface area contributed by atoms with E-state index >= 15 is 0 Å². The molecule has 0 spiro atoms. The first-order valence-electron chi connectivity index (χ1n) is 10.0. The van der Waals surface area contributed by atoms with E-state index in [0.29, 0.717) is 28.3 Å². The van der Waals surface area contributed by atoms with Crippen LogP contribution in [0.5, 0.6) is 0 Å². The highest BCUT2D eigenvalue weighted by Gasteiger charge is 2.37. The van der Waals surface area contributed by atoms with Crippen LogP contribution in [-0.2, 0) is 23.3 Å². The summed E-state index contributed by atoms with van der Waals surface area (Å²) < 4.78 is 1.43. The van der Waals surface area contributed by atoms with Crippen molar-refractivity contribution in [3.63, 3.8) is 0 Å². The number of nitrogens with one attached hydrogen (secondary N) is 1. The Morgan fingerprint density at radius 2 is 1.97 bits per heavy atom. The Morgan fingerprint density at radius 1 is 1.12 bits per heavy atom. The zero-order valence-electron chi connectivity index (χ0n) is 17.3. The Morgan fingerprint density at radius 3 is 2.69 bits per heavy atom. The van der Waals surface area contributed by atoms with Gasteiger partial charge in [0.25, 0.3) is 5.91 Å². The number of amides is 1. The van der Waals surface area contributed by atoms with Crippen LogP contribution in [0.4, 0.5) is 0 Å². The van der Waals surface area contributed by atoms with Gasteiger partial charge in [0.05, 0.1) is 5.52 Å². The van der Waals surface area contributed by atoms with Crippen molar-refractivity contribution < 1.29 is 14.7 Å². The Bertz CT molecular complexity index is 1290. The number of carboxylic acid groups (broad SMARTS) is 1. The third kappa shape index (κ3) is 4.48. The van der Waals surface area contributed by atoms with Crippen molar-refractivity contribution in [2.45, 2.75) is 25.4 Å². The maximum atomic E-state index is 12.6. The van der Waals surface area contributed by atoms with Crippen molar-refractivity contribution in [2.24, 2.45) is 0 Å². The van der Waals surface area contributed by atoms with Gasteiger partial charge < -0.3 is 10.4 Å². The van der Waals surface area contributed by atoms with Gasteiger partial charge in [-0.05, 0) is 48.9 Å². The first-order valence-corrected chi connectivity index (χ1v) is 10.4. The standard InChI is InChI=1S/C24H21ClN4O3/c1-24(23(31)32,13-20-7-2-3-10-26-20)29-15-18-9-8-17(12-21(18)28-29)22(30)27-14-16-5-4-6-19(25)11-16/h2-12,15H,13-14H2,1H3,(H,27,30)(H,31,32)/t24-/m1/s1. The number of fused-ring (bicyclic) bond motifs is 1. The molecule has 0 bridgehead atoms. The number of carboxylic acids is 1. The molecule has 0 saturated heterocycles. The summed E-state index contributed by atoms with van der Waals surface area (Å²) in [4.78, 5) is 29.0. The molecule has 0 aliphatic rings. The van der Waals surface area contributed by atoms with Crippen LogP contribution in [0.3, 0.4) is 0 Å². The molecule has 2 aromatic carbocycles. The van der Waals surface area contributed by atoms with Crippen LogP contribution in [0.15, 0.2) is 73.1 Å². The van der Waals surface area contributed by atoms with Gasteiger partial charge in [0.2, 0.25) is 0 Å². The van der Waals surface area contributed by atoms with Crippen molar-refractivity contribution in [3.05, 3.63) is 94.9 Å². The number of benzene rings is 2. The summed E-state index contributed by atoms with van der Waals surface area (Å²) in [5.41, 5.74) is 1.18. The molecule has 0 aliphatic carbocycles. The molecule has 0 saturated carbocycles. The summed E-state index contributed by atoms with van der Waals surface area (Å²) in [5, 5.41) is 18.6. The van der Waals surface area contributed by atoms with E-state index in [1.807, 2.05) is 18.2 Å². The van der Waals surface area contributed by atoms with Gasteiger partial charge in [0.15, 0.2) is 5.54 Å². The normalized spacial score (nSPS) is 12.9. The lowest BCUT2D eigenvalue weighted by molar-refractivity contribution is -0.147. The lowest BCUT2D eigenvalue weighted by Gasteiger charge is -2.25. The number of aromatic nitrogens is 3. The van der Waals surface area contributed by atoms with E-state index in [1.165, 1.54) is 4.68 Å². The molecule has 0 unspecified atom stereocenters. The molecule has 4 rings (SSSR count). The predicted molar refractivity (Wildman–Crippen MR) is 122 cm³/mol. The second-order valence-corrected chi connectivity index (χ2v) is 8.17. The predicted octanol–water partition coefficient (Wildman–Crippen LogP) is 4.06. The van der Waals surface area contributed by atoms with Crippen molar-refractivity contribution >= 4 is 34.4 Å². The fraction of sp³-hybridized carbons (Fsp3) is 0.167. The molecule has 0 aliphatic heterocycles. The number of carbonyl (C=O) groups is 2. The molecular formula is C24H21ClN4O3. The average Bonchev–Trinajstić information content (AvgIpc) is 3.22. The average molecular weight is 449 g/mol. The molecule has 4 aromatic rings. The van der Waals surface area contributed by atoms with Crippen LogP contribution < -0.4 is 5.32 Å². The van der Waals surface area contributed by atoms with Gasteiger partial charge in [-0.1, -0.05) is 35.9 Å².